The Bertz CT molecular complexity index is 1540. The fourth-order valence-corrected chi connectivity index (χ4v) is 5.25. The largest absolute Gasteiger partial charge is 0.458 e. The van der Waals surface area contributed by atoms with E-state index >= 15 is 0 Å². The summed E-state index contributed by atoms with van der Waals surface area (Å²) in [6, 6.07) is 8.40. The van der Waals surface area contributed by atoms with Gasteiger partial charge in [0.25, 0.3) is 6.01 Å². The number of amides is 1. The third kappa shape index (κ3) is 3.77. The second-order valence-corrected chi connectivity index (χ2v) is 10.1. The zero-order valence-electron chi connectivity index (χ0n) is 21.4. The summed E-state index contributed by atoms with van der Waals surface area (Å²) in [7, 11) is 1.87. The maximum Gasteiger partial charge on any atom is 0.298 e. The fourth-order valence-electron chi connectivity index (χ4n) is 5.25. The number of aryl methyl sites for hydroxylation is 2. The Labute approximate surface area is 218 Å². The van der Waals surface area contributed by atoms with E-state index in [2.05, 4.69) is 11.8 Å². The van der Waals surface area contributed by atoms with E-state index in [9.17, 15) is 9.18 Å². The zero-order valence-corrected chi connectivity index (χ0v) is 21.4. The molecule has 0 spiro atoms. The number of para-hydroxylation sites is 2. The first-order valence-corrected chi connectivity index (χ1v) is 13.1. The van der Waals surface area contributed by atoms with E-state index in [1.54, 1.807) is 4.90 Å². The topological polar surface area (TPSA) is 103 Å². The van der Waals surface area contributed by atoms with Gasteiger partial charge in [0.05, 0.1) is 43.3 Å². The van der Waals surface area contributed by atoms with Crippen molar-refractivity contribution < 1.29 is 18.7 Å². The minimum Gasteiger partial charge on any atom is -0.458 e. The molecule has 1 aromatic carbocycles. The molecule has 0 N–H and O–H groups in total. The number of aromatic nitrogens is 6. The van der Waals surface area contributed by atoms with Crippen LogP contribution in [0.1, 0.15) is 19.2 Å². The van der Waals surface area contributed by atoms with E-state index in [4.69, 9.17) is 29.4 Å². The Balaban J connectivity index is 1.27. The molecule has 1 saturated carbocycles. The summed E-state index contributed by atoms with van der Waals surface area (Å²) in [5, 5.41) is 0. The molecule has 1 amide bonds. The number of carbonyl (C=O) groups excluding carboxylic acids is 1. The van der Waals surface area contributed by atoms with Gasteiger partial charge in [-0.05, 0) is 18.6 Å². The molecule has 2 aliphatic heterocycles. The summed E-state index contributed by atoms with van der Waals surface area (Å²) in [4.78, 5) is 35.7. The van der Waals surface area contributed by atoms with Crippen LogP contribution in [-0.4, -0.2) is 91.5 Å². The van der Waals surface area contributed by atoms with Crippen molar-refractivity contribution in [2.75, 3.05) is 44.3 Å². The standard InChI is InChI=1S/C26H29FN8O3/c1-3-20-28-18-6-4-5-7-19(18)35(20)25-30-22-21(23(31-25)33-8-10-37-11-9-33)29-26(32(22)2)38-15-13-34(14-15)24(36)16-12-17(16)27/h4-7,15-17H,3,8-14H2,1-2H3/t16?,17-/m0/s1. The van der Waals surface area contributed by atoms with Gasteiger partial charge < -0.3 is 19.3 Å². The number of alkyl halides is 1. The van der Waals surface area contributed by atoms with Crippen molar-refractivity contribution >= 4 is 33.9 Å². The lowest BCUT2D eigenvalue weighted by Gasteiger charge is -2.38. The smallest absolute Gasteiger partial charge is 0.298 e. The third-order valence-electron chi connectivity index (χ3n) is 7.57. The van der Waals surface area contributed by atoms with Crippen molar-refractivity contribution in [2.24, 2.45) is 13.0 Å². The van der Waals surface area contributed by atoms with Crippen molar-refractivity contribution in [1.29, 1.82) is 0 Å². The molecular weight excluding hydrogens is 491 g/mol. The summed E-state index contributed by atoms with van der Waals surface area (Å²) in [6.45, 7) is 5.54. The third-order valence-corrected chi connectivity index (χ3v) is 7.57. The van der Waals surface area contributed by atoms with Crippen LogP contribution in [0.4, 0.5) is 10.2 Å². The number of benzene rings is 1. The number of morpholine rings is 1. The van der Waals surface area contributed by atoms with E-state index in [1.165, 1.54) is 0 Å². The van der Waals surface area contributed by atoms with Gasteiger partial charge >= 0.3 is 0 Å². The van der Waals surface area contributed by atoms with Crippen LogP contribution in [0.15, 0.2) is 24.3 Å². The average Bonchev–Trinajstić information content (AvgIpc) is 3.41. The van der Waals surface area contributed by atoms with Crippen LogP contribution in [0, 0.1) is 5.92 Å². The van der Waals surface area contributed by atoms with Crippen LogP contribution in [0.2, 0.25) is 0 Å². The lowest BCUT2D eigenvalue weighted by atomic mass is 10.1. The molecule has 0 bridgehead atoms. The van der Waals surface area contributed by atoms with Crippen molar-refractivity contribution in [3.63, 3.8) is 0 Å². The number of likely N-dealkylation sites (tertiary alicyclic amines) is 1. The SMILES string of the molecule is CCc1nc2ccccc2n1-c1nc(N2CCOCC2)c2nc(OC3CN(C(=O)C4C[C@@H]4F)C3)n(C)c2n1. The van der Waals surface area contributed by atoms with Crippen LogP contribution in [0.3, 0.4) is 0 Å². The van der Waals surface area contributed by atoms with E-state index in [1.807, 2.05) is 40.4 Å². The van der Waals surface area contributed by atoms with E-state index in [0.717, 1.165) is 29.1 Å². The Morgan fingerprint density at radius 2 is 1.89 bits per heavy atom. The minimum atomic E-state index is -0.991. The molecule has 2 atom stereocenters. The van der Waals surface area contributed by atoms with E-state index in [-0.39, 0.29) is 12.0 Å². The zero-order chi connectivity index (χ0) is 26.0. The number of imidazole rings is 2. The van der Waals surface area contributed by atoms with Gasteiger partial charge in [-0.25, -0.2) is 9.37 Å². The number of anilines is 1. The second kappa shape index (κ2) is 8.90. The molecule has 12 heteroatoms. The number of nitrogens with zero attached hydrogens (tertiary/aromatic N) is 8. The number of hydrogen-bond donors (Lipinski definition) is 0. The highest BCUT2D eigenvalue weighted by Crippen LogP contribution is 2.37. The van der Waals surface area contributed by atoms with Crippen molar-refractivity contribution in [3.8, 4) is 12.0 Å². The van der Waals surface area contributed by atoms with Gasteiger partial charge in [-0.2, -0.15) is 15.0 Å². The van der Waals surface area contributed by atoms with Crippen molar-refractivity contribution in [2.45, 2.75) is 32.0 Å². The molecule has 7 rings (SSSR count). The first-order chi connectivity index (χ1) is 18.5. The monoisotopic (exact) mass is 520 g/mol. The van der Waals surface area contributed by atoms with Gasteiger partial charge in [-0.1, -0.05) is 19.1 Å². The van der Waals surface area contributed by atoms with Crippen LogP contribution >= 0.6 is 0 Å². The average molecular weight is 521 g/mol. The summed E-state index contributed by atoms with van der Waals surface area (Å²) in [6.07, 6.45) is -0.128. The molecule has 1 unspecified atom stereocenters. The number of halogens is 1. The highest BCUT2D eigenvalue weighted by atomic mass is 19.1. The van der Waals surface area contributed by atoms with Gasteiger partial charge in [0, 0.05) is 26.6 Å². The number of ether oxygens (including phenoxy) is 2. The van der Waals surface area contributed by atoms with Crippen LogP contribution in [0.25, 0.3) is 28.1 Å². The first kappa shape index (κ1) is 23.3. The van der Waals surface area contributed by atoms with Crippen molar-refractivity contribution in [1.82, 2.24) is 34.0 Å². The second-order valence-electron chi connectivity index (χ2n) is 10.1. The lowest BCUT2D eigenvalue weighted by Crippen LogP contribution is -2.57. The van der Waals surface area contributed by atoms with Crippen LogP contribution in [0.5, 0.6) is 6.01 Å². The minimum absolute atomic E-state index is 0.119. The predicted octanol–water partition coefficient (Wildman–Crippen LogP) is 2.05. The summed E-state index contributed by atoms with van der Waals surface area (Å²) in [5.74, 6) is 1.55. The Morgan fingerprint density at radius 1 is 1.13 bits per heavy atom. The molecule has 4 aromatic rings. The molecule has 5 heterocycles. The first-order valence-electron chi connectivity index (χ1n) is 13.1. The lowest BCUT2D eigenvalue weighted by molar-refractivity contribution is -0.142. The number of rotatable bonds is 6. The fraction of sp³-hybridized carbons (Fsp3) is 0.500. The molecule has 2 saturated heterocycles. The molecule has 38 heavy (non-hydrogen) atoms. The maximum absolute atomic E-state index is 13.3. The van der Waals surface area contributed by atoms with Crippen LogP contribution in [-0.2, 0) is 23.0 Å². The molecule has 3 aromatic heterocycles. The van der Waals surface area contributed by atoms with E-state index < -0.39 is 12.1 Å². The van der Waals surface area contributed by atoms with Gasteiger partial charge in [0.1, 0.15) is 18.1 Å². The summed E-state index contributed by atoms with van der Waals surface area (Å²) in [5.41, 5.74) is 3.14. The quantitative estimate of drug-likeness (QED) is 0.381. The number of hydrogen-bond acceptors (Lipinski definition) is 8. The Kier molecular flexibility index (Phi) is 5.46. The maximum atomic E-state index is 13.3. The van der Waals surface area contributed by atoms with Gasteiger partial charge in [0.15, 0.2) is 17.0 Å². The highest BCUT2D eigenvalue weighted by Gasteiger charge is 2.48. The van der Waals surface area contributed by atoms with E-state index in [0.29, 0.717) is 68.9 Å². The van der Waals surface area contributed by atoms with Crippen LogP contribution < -0.4 is 9.64 Å². The van der Waals surface area contributed by atoms with Gasteiger partial charge in [0.2, 0.25) is 11.9 Å². The molecule has 3 aliphatic rings. The summed E-state index contributed by atoms with van der Waals surface area (Å²) >= 11 is 0. The normalized spacial score (nSPS) is 21.8. The molecule has 0 radical (unpaired) electrons. The van der Waals surface area contributed by atoms with Gasteiger partial charge in [-0.15, -0.1) is 0 Å². The number of fused-ring (bicyclic) bond motifs is 2. The summed E-state index contributed by atoms with van der Waals surface area (Å²) < 4.78 is 28.9. The molecule has 3 fully saturated rings. The molecule has 11 nitrogen and oxygen atoms in total. The van der Waals surface area contributed by atoms with Crippen molar-refractivity contribution in [3.05, 3.63) is 30.1 Å². The molecular formula is C26H29FN8O3. The highest BCUT2D eigenvalue weighted by molar-refractivity contribution is 5.86. The van der Waals surface area contributed by atoms with Gasteiger partial charge in [-0.3, -0.25) is 13.9 Å². The molecule has 1 aliphatic carbocycles. The number of carbonyl (C=O) groups is 1. The Morgan fingerprint density at radius 3 is 2.63 bits per heavy atom. The Hall–Kier alpha value is -3.80. The molecule has 198 valence electrons. The predicted molar refractivity (Wildman–Crippen MR) is 137 cm³/mol.